The standard InChI is InChI=1S/C34H44FN3O3/c1-22(2)26-9-11-28(12-10-26)32(27-7-5-4-6-8-27)36-33(40)31-20-30(35)21-38(31)34(41)29-18-24-13-15-37(23(3)39)16-14-25(17-24)19-29/h4-12,22,24-25,29-32H,13-21H2,1-3H3,(H,36,40)/t24-,25+,29-,30-,31+,32+/m1/s1. The Labute approximate surface area is 243 Å². The second-order valence-electron chi connectivity index (χ2n) is 12.7. The molecule has 2 bridgehead atoms. The largest absolute Gasteiger partial charge is 0.343 e. The van der Waals surface area contributed by atoms with Crippen molar-refractivity contribution in [2.45, 2.75) is 83.5 Å². The fourth-order valence-corrected chi connectivity index (χ4v) is 7.17. The summed E-state index contributed by atoms with van der Waals surface area (Å²) in [7, 11) is 0. The van der Waals surface area contributed by atoms with Gasteiger partial charge in [-0.1, -0.05) is 68.4 Å². The van der Waals surface area contributed by atoms with Crippen molar-refractivity contribution in [1.82, 2.24) is 15.1 Å². The smallest absolute Gasteiger partial charge is 0.243 e. The zero-order chi connectivity index (χ0) is 29.1. The van der Waals surface area contributed by atoms with Gasteiger partial charge in [-0.05, 0) is 66.5 Å². The summed E-state index contributed by atoms with van der Waals surface area (Å²) in [4.78, 5) is 43.1. The van der Waals surface area contributed by atoms with Crippen LogP contribution < -0.4 is 5.32 Å². The molecule has 0 radical (unpaired) electrons. The maximum atomic E-state index is 14.9. The normalized spacial score (nSPS) is 27.2. The molecule has 2 saturated heterocycles. The van der Waals surface area contributed by atoms with Crippen LogP contribution in [0.4, 0.5) is 4.39 Å². The van der Waals surface area contributed by atoms with E-state index < -0.39 is 18.3 Å². The van der Waals surface area contributed by atoms with Crippen LogP contribution in [0.3, 0.4) is 0 Å². The molecule has 0 spiro atoms. The van der Waals surface area contributed by atoms with Crippen LogP contribution in [0.2, 0.25) is 0 Å². The highest BCUT2D eigenvalue weighted by atomic mass is 19.1. The first-order valence-corrected chi connectivity index (χ1v) is 15.3. The summed E-state index contributed by atoms with van der Waals surface area (Å²) in [5.41, 5.74) is 3.11. The maximum absolute atomic E-state index is 14.9. The van der Waals surface area contributed by atoms with Crippen molar-refractivity contribution in [3.8, 4) is 0 Å². The SMILES string of the molecule is CC(=O)N1CC[C@@H]2C[C@H](CC1)C[C@H](C(=O)N1C[C@H](F)C[C@H]1C(=O)N[C@@H](c1ccccc1)c1ccc(C(C)C)cc1)C2. The molecule has 6 atom stereocenters. The Morgan fingerprint density at radius 3 is 2.00 bits per heavy atom. The summed E-state index contributed by atoms with van der Waals surface area (Å²) in [5.74, 6) is 0.673. The third-order valence-corrected chi connectivity index (χ3v) is 9.50. The summed E-state index contributed by atoms with van der Waals surface area (Å²) in [6.07, 6.45) is 3.18. The van der Waals surface area contributed by atoms with E-state index in [1.54, 1.807) is 6.92 Å². The Morgan fingerprint density at radius 2 is 1.41 bits per heavy atom. The highest BCUT2D eigenvalue weighted by Crippen LogP contribution is 2.40. The molecular weight excluding hydrogens is 517 g/mol. The number of hydrogen-bond donors (Lipinski definition) is 1. The van der Waals surface area contributed by atoms with Gasteiger partial charge in [-0.3, -0.25) is 14.4 Å². The average molecular weight is 562 g/mol. The molecule has 2 aliphatic heterocycles. The van der Waals surface area contributed by atoms with E-state index in [1.165, 1.54) is 10.5 Å². The lowest BCUT2D eigenvalue weighted by atomic mass is 9.71. The predicted molar refractivity (Wildman–Crippen MR) is 158 cm³/mol. The van der Waals surface area contributed by atoms with Gasteiger partial charge >= 0.3 is 0 Å². The first-order chi connectivity index (χ1) is 19.7. The predicted octanol–water partition coefficient (Wildman–Crippen LogP) is 5.63. The molecule has 1 aliphatic carbocycles. The molecule has 2 aromatic carbocycles. The first-order valence-electron chi connectivity index (χ1n) is 15.3. The van der Waals surface area contributed by atoms with E-state index in [9.17, 15) is 18.8 Å². The molecule has 2 aromatic rings. The van der Waals surface area contributed by atoms with Gasteiger partial charge in [0, 0.05) is 32.4 Å². The van der Waals surface area contributed by atoms with Gasteiger partial charge in [0.25, 0.3) is 0 Å². The number of nitrogens with one attached hydrogen (secondary N) is 1. The molecule has 6 nitrogen and oxygen atoms in total. The molecule has 5 rings (SSSR count). The van der Waals surface area contributed by atoms with Gasteiger partial charge in [0.2, 0.25) is 17.7 Å². The average Bonchev–Trinajstić information content (AvgIpc) is 3.36. The van der Waals surface area contributed by atoms with E-state index in [0.717, 1.165) is 56.3 Å². The van der Waals surface area contributed by atoms with E-state index in [-0.39, 0.29) is 36.6 Å². The molecule has 0 aromatic heterocycles. The molecule has 1 N–H and O–H groups in total. The zero-order valence-electron chi connectivity index (χ0n) is 24.6. The Kier molecular flexibility index (Phi) is 9.10. The lowest BCUT2D eigenvalue weighted by molar-refractivity contribution is -0.144. The number of rotatable bonds is 6. The molecule has 0 unspecified atom stereocenters. The third kappa shape index (κ3) is 6.82. The summed E-state index contributed by atoms with van der Waals surface area (Å²) in [6.45, 7) is 7.35. The fraction of sp³-hybridized carbons (Fsp3) is 0.559. The van der Waals surface area contributed by atoms with Crippen LogP contribution >= 0.6 is 0 Å². The van der Waals surface area contributed by atoms with Gasteiger partial charge in [0.15, 0.2) is 0 Å². The van der Waals surface area contributed by atoms with E-state index in [1.807, 2.05) is 47.4 Å². The van der Waals surface area contributed by atoms with Gasteiger partial charge in [-0.2, -0.15) is 0 Å². The summed E-state index contributed by atoms with van der Waals surface area (Å²) < 4.78 is 14.9. The number of likely N-dealkylation sites (tertiary alicyclic amines) is 2. The topological polar surface area (TPSA) is 69.7 Å². The zero-order valence-corrected chi connectivity index (χ0v) is 24.6. The number of carbonyl (C=O) groups excluding carboxylic acids is 3. The molecule has 3 amide bonds. The van der Waals surface area contributed by atoms with Crippen molar-refractivity contribution >= 4 is 17.7 Å². The van der Waals surface area contributed by atoms with Crippen molar-refractivity contribution < 1.29 is 18.8 Å². The first kappa shape index (κ1) is 29.3. The van der Waals surface area contributed by atoms with Gasteiger partial charge in [-0.25, -0.2) is 4.39 Å². The summed E-state index contributed by atoms with van der Waals surface area (Å²) >= 11 is 0. The number of benzene rings is 2. The molecular formula is C34H44FN3O3. The van der Waals surface area contributed by atoms with E-state index in [2.05, 4.69) is 31.3 Å². The number of nitrogens with zero attached hydrogens (tertiary/aromatic N) is 2. The van der Waals surface area contributed by atoms with Crippen LogP contribution in [-0.4, -0.2) is 59.4 Å². The van der Waals surface area contributed by atoms with Crippen molar-refractivity contribution in [3.05, 3.63) is 71.3 Å². The number of alkyl halides is 1. The van der Waals surface area contributed by atoms with Crippen LogP contribution in [0.5, 0.6) is 0 Å². The van der Waals surface area contributed by atoms with Gasteiger partial charge in [0.1, 0.15) is 12.2 Å². The lowest BCUT2D eigenvalue weighted by Gasteiger charge is -2.40. The minimum Gasteiger partial charge on any atom is -0.343 e. The van der Waals surface area contributed by atoms with Gasteiger partial charge in [0.05, 0.1) is 12.6 Å². The van der Waals surface area contributed by atoms with Crippen molar-refractivity contribution in [1.29, 1.82) is 0 Å². The highest BCUT2D eigenvalue weighted by molar-refractivity contribution is 5.90. The minimum absolute atomic E-state index is 0.0263. The van der Waals surface area contributed by atoms with Gasteiger partial charge < -0.3 is 15.1 Å². The summed E-state index contributed by atoms with van der Waals surface area (Å²) in [6, 6.07) is 16.8. The van der Waals surface area contributed by atoms with Crippen LogP contribution in [-0.2, 0) is 14.4 Å². The van der Waals surface area contributed by atoms with Gasteiger partial charge in [-0.15, -0.1) is 0 Å². The molecule has 7 heteroatoms. The molecule has 1 saturated carbocycles. The Hall–Kier alpha value is -3.22. The Morgan fingerprint density at radius 1 is 0.829 bits per heavy atom. The number of halogens is 1. The number of fused-ring (bicyclic) bond motifs is 2. The van der Waals surface area contributed by atoms with Crippen LogP contribution in [0.1, 0.15) is 87.9 Å². The van der Waals surface area contributed by atoms with E-state index in [0.29, 0.717) is 17.8 Å². The second kappa shape index (κ2) is 12.7. The monoisotopic (exact) mass is 561 g/mol. The molecule has 2 heterocycles. The fourth-order valence-electron chi connectivity index (χ4n) is 7.17. The number of hydrogen-bond acceptors (Lipinski definition) is 3. The van der Waals surface area contributed by atoms with Crippen LogP contribution in [0, 0.1) is 17.8 Å². The lowest BCUT2D eigenvalue weighted by Crippen LogP contribution is -2.50. The van der Waals surface area contributed by atoms with Crippen molar-refractivity contribution in [2.75, 3.05) is 19.6 Å². The summed E-state index contributed by atoms with van der Waals surface area (Å²) in [5, 5.41) is 3.19. The van der Waals surface area contributed by atoms with E-state index >= 15 is 0 Å². The molecule has 41 heavy (non-hydrogen) atoms. The molecule has 220 valence electrons. The number of carbonyl (C=O) groups is 3. The Balaban J connectivity index is 1.32. The van der Waals surface area contributed by atoms with Crippen molar-refractivity contribution in [2.24, 2.45) is 17.8 Å². The van der Waals surface area contributed by atoms with Crippen LogP contribution in [0.15, 0.2) is 54.6 Å². The Bertz CT molecular complexity index is 1200. The third-order valence-electron chi connectivity index (χ3n) is 9.50. The second-order valence-corrected chi connectivity index (χ2v) is 12.7. The minimum atomic E-state index is -1.21. The number of amides is 3. The maximum Gasteiger partial charge on any atom is 0.243 e. The molecule has 3 fully saturated rings. The molecule has 3 aliphatic rings. The van der Waals surface area contributed by atoms with Crippen LogP contribution in [0.25, 0.3) is 0 Å². The van der Waals surface area contributed by atoms with E-state index in [4.69, 9.17) is 0 Å². The quantitative estimate of drug-likeness (QED) is 0.497. The highest BCUT2D eigenvalue weighted by Gasteiger charge is 2.44. The van der Waals surface area contributed by atoms with Crippen molar-refractivity contribution in [3.63, 3.8) is 0 Å².